The second-order valence-corrected chi connectivity index (χ2v) is 7.27. The highest BCUT2D eigenvalue weighted by Gasteiger charge is 2.46. The average molecular weight is 425 g/mol. The third-order valence-electron chi connectivity index (χ3n) is 5.39. The molecule has 3 rings (SSSR count). The van der Waals surface area contributed by atoms with Gasteiger partial charge in [0.2, 0.25) is 0 Å². The number of Topliss-reactive ketones (excluding diaryl/α,β-unsaturated/α-hetero) is 1. The van der Waals surface area contributed by atoms with E-state index >= 15 is 0 Å². The van der Waals surface area contributed by atoms with Gasteiger partial charge in [-0.2, -0.15) is 0 Å². The van der Waals surface area contributed by atoms with Crippen molar-refractivity contribution in [3.8, 4) is 11.5 Å². The molecule has 164 valence electrons. The van der Waals surface area contributed by atoms with Crippen molar-refractivity contribution in [3.05, 3.63) is 64.7 Å². The van der Waals surface area contributed by atoms with E-state index in [0.717, 1.165) is 5.56 Å². The van der Waals surface area contributed by atoms with Crippen molar-refractivity contribution in [2.75, 3.05) is 34.5 Å². The molecule has 0 aliphatic carbocycles. The number of aryl methyl sites for hydroxylation is 1. The van der Waals surface area contributed by atoms with Crippen molar-refractivity contribution in [3.63, 3.8) is 0 Å². The highest BCUT2D eigenvalue weighted by molar-refractivity contribution is 6.46. The second-order valence-electron chi connectivity index (χ2n) is 7.27. The maximum Gasteiger partial charge on any atom is 0.295 e. The smallest absolute Gasteiger partial charge is 0.295 e. The minimum Gasteiger partial charge on any atom is -0.507 e. The monoisotopic (exact) mass is 425 g/mol. The average Bonchev–Trinajstić information content (AvgIpc) is 3.03. The number of methoxy groups -OCH3 is 3. The summed E-state index contributed by atoms with van der Waals surface area (Å²) in [6, 6.07) is 11.5. The van der Waals surface area contributed by atoms with Crippen LogP contribution in [0.4, 0.5) is 0 Å². The fourth-order valence-electron chi connectivity index (χ4n) is 3.89. The maximum absolute atomic E-state index is 13.0. The first-order valence-corrected chi connectivity index (χ1v) is 9.99. The number of ether oxygens (including phenoxy) is 3. The molecule has 1 N–H and O–H groups in total. The predicted molar refractivity (Wildman–Crippen MR) is 116 cm³/mol. The molecule has 7 nitrogen and oxygen atoms in total. The first-order chi connectivity index (χ1) is 14.9. The lowest BCUT2D eigenvalue weighted by Crippen LogP contribution is -2.31. The van der Waals surface area contributed by atoms with E-state index in [4.69, 9.17) is 14.2 Å². The minimum absolute atomic E-state index is 0.0384. The molecule has 2 aromatic carbocycles. The van der Waals surface area contributed by atoms with Gasteiger partial charge in [-0.3, -0.25) is 9.59 Å². The van der Waals surface area contributed by atoms with E-state index < -0.39 is 17.7 Å². The zero-order valence-corrected chi connectivity index (χ0v) is 18.2. The fraction of sp³-hybridized carbons (Fsp3) is 0.333. The Morgan fingerprint density at radius 3 is 2.39 bits per heavy atom. The normalized spacial score (nSPS) is 17.8. The van der Waals surface area contributed by atoms with Crippen molar-refractivity contribution in [2.45, 2.75) is 19.4 Å². The molecule has 0 unspecified atom stereocenters. The molecule has 7 heteroatoms. The van der Waals surface area contributed by atoms with Gasteiger partial charge in [0.15, 0.2) is 0 Å². The molecule has 1 amide bonds. The topological polar surface area (TPSA) is 85.3 Å². The van der Waals surface area contributed by atoms with Gasteiger partial charge in [0.25, 0.3) is 11.7 Å². The zero-order chi connectivity index (χ0) is 22.5. The number of ketones is 1. The molecular weight excluding hydrogens is 398 g/mol. The summed E-state index contributed by atoms with van der Waals surface area (Å²) in [5, 5.41) is 11.2. The van der Waals surface area contributed by atoms with Crippen molar-refractivity contribution >= 4 is 17.4 Å². The summed E-state index contributed by atoms with van der Waals surface area (Å²) < 4.78 is 15.9. The van der Waals surface area contributed by atoms with Gasteiger partial charge in [-0.15, -0.1) is 0 Å². The van der Waals surface area contributed by atoms with Crippen LogP contribution in [0.2, 0.25) is 0 Å². The molecule has 1 saturated heterocycles. The van der Waals surface area contributed by atoms with E-state index in [2.05, 4.69) is 0 Å². The van der Waals surface area contributed by atoms with Gasteiger partial charge >= 0.3 is 0 Å². The second kappa shape index (κ2) is 9.66. The van der Waals surface area contributed by atoms with Crippen LogP contribution in [0.5, 0.6) is 11.5 Å². The minimum atomic E-state index is -0.768. The van der Waals surface area contributed by atoms with Gasteiger partial charge in [0.1, 0.15) is 17.3 Å². The van der Waals surface area contributed by atoms with E-state index in [1.807, 2.05) is 19.1 Å². The number of carbonyl (C=O) groups excluding carboxylic acids is 2. The first-order valence-electron chi connectivity index (χ1n) is 9.99. The van der Waals surface area contributed by atoms with Crippen molar-refractivity contribution in [1.29, 1.82) is 0 Å². The van der Waals surface area contributed by atoms with E-state index in [1.165, 1.54) is 12.0 Å². The van der Waals surface area contributed by atoms with Gasteiger partial charge in [-0.05, 0) is 43.2 Å². The number of para-hydroxylation sites is 1. The zero-order valence-electron chi connectivity index (χ0n) is 18.2. The molecule has 31 heavy (non-hydrogen) atoms. The molecule has 2 aromatic rings. The summed E-state index contributed by atoms with van der Waals surface area (Å²) in [6.45, 7) is 2.59. The summed E-state index contributed by atoms with van der Waals surface area (Å²) in [6.07, 6.45) is 0.552. The Labute approximate surface area is 181 Å². The summed E-state index contributed by atoms with van der Waals surface area (Å²) in [5.41, 5.74) is 1.91. The van der Waals surface area contributed by atoms with Crippen molar-refractivity contribution < 1.29 is 28.9 Å². The van der Waals surface area contributed by atoms with E-state index in [0.29, 0.717) is 42.2 Å². The third kappa shape index (κ3) is 4.27. The SMILES string of the molecule is COCCCN1C(=O)C(=O)/C(=C(/O)c2ccc(OC)c(C)c2)[C@H]1c1ccccc1OC. The number of likely N-dealkylation sites (tertiary alicyclic amines) is 1. The van der Waals surface area contributed by atoms with Crippen LogP contribution >= 0.6 is 0 Å². The number of aliphatic hydroxyl groups is 1. The number of nitrogens with zero attached hydrogens (tertiary/aromatic N) is 1. The van der Waals surface area contributed by atoms with Gasteiger partial charge < -0.3 is 24.2 Å². The van der Waals surface area contributed by atoms with Gasteiger partial charge in [-0.1, -0.05) is 18.2 Å². The van der Waals surface area contributed by atoms with Crippen molar-refractivity contribution in [2.24, 2.45) is 0 Å². The molecule has 1 atom stereocenters. The van der Waals surface area contributed by atoms with Crippen LogP contribution in [0.15, 0.2) is 48.0 Å². The molecule has 0 aromatic heterocycles. The van der Waals surface area contributed by atoms with Gasteiger partial charge in [0.05, 0.1) is 25.8 Å². The number of hydrogen-bond donors (Lipinski definition) is 1. The number of rotatable bonds is 8. The first kappa shape index (κ1) is 22.4. The molecule has 1 aliphatic heterocycles. The molecular formula is C24H27NO6. The Bertz CT molecular complexity index is 1010. The molecule has 0 spiro atoms. The maximum atomic E-state index is 13.0. The Kier molecular flexibility index (Phi) is 6.97. The van der Waals surface area contributed by atoms with E-state index in [1.54, 1.807) is 44.6 Å². The number of amides is 1. The van der Waals surface area contributed by atoms with Crippen LogP contribution in [-0.4, -0.2) is 56.2 Å². The lowest BCUT2D eigenvalue weighted by atomic mass is 9.94. The van der Waals surface area contributed by atoms with Crippen LogP contribution in [-0.2, 0) is 14.3 Å². The Hall–Kier alpha value is -3.32. The Morgan fingerprint density at radius 1 is 1.03 bits per heavy atom. The molecule has 0 saturated carbocycles. The number of benzene rings is 2. The quantitative estimate of drug-likeness (QED) is 0.302. The third-order valence-corrected chi connectivity index (χ3v) is 5.39. The predicted octanol–water partition coefficient (Wildman–Crippen LogP) is 3.47. The highest BCUT2D eigenvalue weighted by Crippen LogP contribution is 2.42. The molecule has 0 radical (unpaired) electrons. The summed E-state index contributed by atoms with van der Waals surface area (Å²) in [4.78, 5) is 27.4. The number of hydrogen-bond acceptors (Lipinski definition) is 6. The van der Waals surface area contributed by atoms with Gasteiger partial charge in [0, 0.05) is 31.4 Å². The highest BCUT2D eigenvalue weighted by atomic mass is 16.5. The standard InChI is InChI=1S/C24H27NO6/c1-15-14-16(10-11-18(15)30-3)22(26)20-21(17-8-5-6-9-19(17)31-4)25(12-7-13-29-2)24(28)23(20)27/h5-6,8-11,14,21,26H,7,12-13H2,1-4H3/b22-20+/t21-/m1/s1. The summed E-state index contributed by atoms with van der Waals surface area (Å²) in [5.74, 6) is -0.409. The van der Waals surface area contributed by atoms with E-state index in [-0.39, 0.29) is 11.3 Å². The lowest BCUT2D eigenvalue weighted by molar-refractivity contribution is -0.140. The Morgan fingerprint density at radius 2 is 1.74 bits per heavy atom. The summed E-state index contributed by atoms with van der Waals surface area (Å²) in [7, 11) is 4.68. The largest absolute Gasteiger partial charge is 0.507 e. The van der Waals surface area contributed by atoms with E-state index in [9.17, 15) is 14.7 Å². The van der Waals surface area contributed by atoms with Gasteiger partial charge in [-0.25, -0.2) is 0 Å². The molecule has 1 aliphatic rings. The van der Waals surface area contributed by atoms with Crippen molar-refractivity contribution in [1.82, 2.24) is 4.90 Å². The molecule has 1 heterocycles. The number of carbonyl (C=O) groups is 2. The van der Waals surface area contributed by atoms with Crippen LogP contribution in [0.1, 0.15) is 29.2 Å². The van der Waals surface area contributed by atoms with Crippen LogP contribution < -0.4 is 9.47 Å². The van der Waals surface area contributed by atoms with Crippen LogP contribution in [0, 0.1) is 6.92 Å². The Balaban J connectivity index is 2.17. The fourth-order valence-corrected chi connectivity index (χ4v) is 3.89. The number of aliphatic hydroxyl groups excluding tert-OH is 1. The molecule has 0 bridgehead atoms. The van der Waals surface area contributed by atoms with Crippen LogP contribution in [0.25, 0.3) is 5.76 Å². The van der Waals surface area contributed by atoms with Crippen LogP contribution in [0.3, 0.4) is 0 Å². The lowest BCUT2D eigenvalue weighted by Gasteiger charge is -2.26. The summed E-state index contributed by atoms with van der Waals surface area (Å²) >= 11 is 0. The molecule has 1 fully saturated rings.